The normalized spacial score (nSPS) is 22.9. The van der Waals surface area contributed by atoms with Gasteiger partial charge >= 0.3 is 5.97 Å². The minimum atomic E-state index is -0.761. The van der Waals surface area contributed by atoms with Gasteiger partial charge in [0.25, 0.3) is 0 Å². The Balaban J connectivity index is 2.15. The molecule has 2 N–H and O–H groups in total. The molecule has 0 heterocycles. The summed E-state index contributed by atoms with van der Waals surface area (Å²) in [7, 11) is 1.57. The van der Waals surface area contributed by atoms with Gasteiger partial charge in [-0.1, -0.05) is 6.42 Å². The third kappa shape index (κ3) is 5.01. The molecule has 0 radical (unpaired) electrons. The number of rotatable bonds is 8. The molecule has 2 unspecified atom stereocenters. The summed E-state index contributed by atoms with van der Waals surface area (Å²) < 4.78 is 9.86. The second kappa shape index (κ2) is 8.05. The summed E-state index contributed by atoms with van der Waals surface area (Å²) in [5.74, 6) is -1.24. The molecule has 2 atom stereocenters. The van der Waals surface area contributed by atoms with Gasteiger partial charge in [-0.25, -0.2) is 0 Å². The fourth-order valence-corrected chi connectivity index (χ4v) is 2.21. The van der Waals surface area contributed by atoms with E-state index in [2.05, 4.69) is 5.32 Å². The zero-order valence-electron chi connectivity index (χ0n) is 10.7. The summed E-state index contributed by atoms with van der Waals surface area (Å²) in [5, 5.41) is 11.7. The molecule has 0 aromatic carbocycles. The van der Waals surface area contributed by atoms with E-state index in [4.69, 9.17) is 14.6 Å². The van der Waals surface area contributed by atoms with E-state index in [9.17, 15) is 9.59 Å². The van der Waals surface area contributed by atoms with Gasteiger partial charge in [0.05, 0.1) is 19.1 Å². The molecule has 1 fully saturated rings. The van der Waals surface area contributed by atoms with E-state index in [1.54, 1.807) is 7.11 Å². The van der Waals surface area contributed by atoms with Gasteiger partial charge in [0, 0.05) is 13.7 Å². The van der Waals surface area contributed by atoms with Crippen molar-refractivity contribution >= 4 is 11.9 Å². The van der Waals surface area contributed by atoms with Crippen LogP contribution in [0.1, 0.15) is 19.3 Å². The molecule has 0 aliphatic heterocycles. The van der Waals surface area contributed by atoms with Gasteiger partial charge in [-0.05, 0) is 18.8 Å². The first-order valence-electron chi connectivity index (χ1n) is 6.21. The van der Waals surface area contributed by atoms with E-state index in [0.29, 0.717) is 26.2 Å². The summed E-state index contributed by atoms with van der Waals surface area (Å²) in [4.78, 5) is 22.4. The zero-order chi connectivity index (χ0) is 13.4. The molecular weight excluding hydrogens is 238 g/mol. The lowest BCUT2D eigenvalue weighted by Gasteiger charge is -2.16. The second-order valence-electron chi connectivity index (χ2n) is 4.49. The van der Waals surface area contributed by atoms with Crippen molar-refractivity contribution in [2.75, 3.05) is 33.5 Å². The number of hydrogen-bond acceptors (Lipinski definition) is 4. The Morgan fingerprint density at radius 2 is 2.11 bits per heavy atom. The first kappa shape index (κ1) is 14.9. The van der Waals surface area contributed by atoms with Gasteiger partial charge in [0.2, 0.25) is 5.91 Å². The average molecular weight is 259 g/mol. The van der Waals surface area contributed by atoms with Crippen molar-refractivity contribution in [3.8, 4) is 0 Å². The molecule has 6 nitrogen and oxygen atoms in total. The highest BCUT2D eigenvalue weighted by Crippen LogP contribution is 2.31. The summed E-state index contributed by atoms with van der Waals surface area (Å²) >= 11 is 0. The van der Waals surface area contributed by atoms with Gasteiger partial charge in [-0.15, -0.1) is 0 Å². The highest BCUT2D eigenvalue weighted by atomic mass is 16.5. The molecule has 0 saturated heterocycles. The minimum Gasteiger partial charge on any atom is -0.481 e. The third-order valence-corrected chi connectivity index (χ3v) is 3.20. The van der Waals surface area contributed by atoms with E-state index in [0.717, 1.165) is 12.8 Å². The van der Waals surface area contributed by atoms with Gasteiger partial charge in [-0.2, -0.15) is 0 Å². The molecule has 6 heteroatoms. The van der Waals surface area contributed by atoms with E-state index in [1.165, 1.54) is 0 Å². The van der Waals surface area contributed by atoms with Gasteiger partial charge in [0.1, 0.15) is 6.61 Å². The first-order valence-corrected chi connectivity index (χ1v) is 6.21. The quantitative estimate of drug-likeness (QED) is 0.611. The van der Waals surface area contributed by atoms with E-state index < -0.39 is 5.97 Å². The molecule has 18 heavy (non-hydrogen) atoms. The van der Waals surface area contributed by atoms with Gasteiger partial charge in [0.15, 0.2) is 0 Å². The average Bonchev–Trinajstić information content (AvgIpc) is 2.80. The third-order valence-electron chi connectivity index (χ3n) is 3.20. The number of carboxylic acid groups (broad SMARTS) is 1. The highest BCUT2D eigenvalue weighted by Gasteiger charge is 2.32. The van der Waals surface area contributed by atoms with Crippen molar-refractivity contribution in [2.45, 2.75) is 19.3 Å². The molecule has 1 saturated carbocycles. The molecule has 1 amide bonds. The van der Waals surface area contributed by atoms with Crippen LogP contribution in [-0.2, 0) is 19.1 Å². The lowest BCUT2D eigenvalue weighted by molar-refractivity contribution is -0.143. The number of carbonyl (C=O) groups is 2. The molecule has 1 aliphatic carbocycles. The minimum absolute atomic E-state index is 0.00613. The molecule has 0 spiro atoms. The van der Waals surface area contributed by atoms with Crippen LogP contribution in [0, 0.1) is 11.8 Å². The zero-order valence-corrected chi connectivity index (χ0v) is 10.7. The Labute approximate surface area is 107 Å². The molecule has 0 aromatic heterocycles. The largest absolute Gasteiger partial charge is 0.481 e. The number of methoxy groups -OCH3 is 1. The Hall–Kier alpha value is -1.14. The number of hydrogen-bond donors (Lipinski definition) is 2. The maximum atomic E-state index is 11.4. The number of aliphatic carboxylic acids is 1. The standard InChI is InChI=1S/C12H21NO5/c1-17-5-6-18-8-11(14)13-7-9-3-2-4-10(9)12(15)16/h9-10H,2-8H2,1H3,(H,13,14)(H,15,16). The number of ether oxygens (including phenoxy) is 2. The van der Waals surface area contributed by atoms with Crippen LogP contribution in [0.2, 0.25) is 0 Å². The van der Waals surface area contributed by atoms with Crippen LogP contribution in [0.5, 0.6) is 0 Å². The number of nitrogens with one attached hydrogen (secondary N) is 1. The summed E-state index contributed by atoms with van der Waals surface area (Å²) in [6.45, 7) is 1.25. The van der Waals surface area contributed by atoms with Crippen LogP contribution in [-0.4, -0.2) is 50.5 Å². The summed E-state index contributed by atoms with van der Waals surface area (Å²) in [6.07, 6.45) is 2.49. The Kier molecular flexibility index (Phi) is 6.67. The smallest absolute Gasteiger partial charge is 0.306 e. The van der Waals surface area contributed by atoms with Crippen molar-refractivity contribution in [1.82, 2.24) is 5.32 Å². The first-order chi connectivity index (χ1) is 8.65. The summed E-state index contributed by atoms with van der Waals surface area (Å²) in [5.41, 5.74) is 0. The lowest BCUT2D eigenvalue weighted by atomic mass is 9.96. The van der Waals surface area contributed by atoms with E-state index >= 15 is 0 Å². The molecule has 1 rings (SSSR count). The SMILES string of the molecule is COCCOCC(=O)NCC1CCCC1C(=O)O. The number of amides is 1. The van der Waals surface area contributed by atoms with Crippen LogP contribution in [0.4, 0.5) is 0 Å². The predicted molar refractivity (Wildman–Crippen MR) is 64.2 cm³/mol. The van der Waals surface area contributed by atoms with Crippen molar-refractivity contribution in [2.24, 2.45) is 11.8 Å². The molecule has 0 aromatic rings. The number of carboxylic acids is 1. The van der Waals surface area contributed by atoms with Crippen LogP contribution in [0.25, 0.3) is 0 Å². The molecule has 0 bridgehead atoms. The van der Waals surface area contributed by atoms with E-state index in [-0.39, 0.29) is 24.3 Å². The van der Waals surface area contributed by atoms with Crippen molar-refractivity contribution in [3.63, 3.8) is 0 Å². The van der Waals surface area contributed by atoms with E-state index in [1.807, 2.05) is 0 Å². The van der Waals surface area contributed by atoms with Crippen molar-refractivity contribution in [3.05, 3.63) is 0 Å². The second-order valence-corrected chi connectivity index (χ2v) is 4.49. The van der Waals surface area contributed by atoms with Crippen LogP contribution < -0.4 is 5.32 Å². The maximum Gasteiger partial charge on any atom is 0.306 e. The highest BCUT2D eigenvalue weighted by molar-refractivity contribution is 5.77. The van der Waals surface area contributed by atoms with Crippen LogP contribution >= 0.6 is 0 Å². The van der Waals surface area contributed by atoms with Gasteiger partial charge in [-0.3, -0.25) is 9.59 Å². The van der Waals surface area contributed by atoms with Crippen LogP contribution in [0.15, 0.2) is 0 Å². The van der Waals surface area contributed by atoms with Crippen LogP contribution in [0.3, 0.4) is 0 Å². The van der Waals surface area contributed by atoms with Gasteiger partial charge < -0.3 is 19.9 Å². The molecule has 1 aliphatic rings. The topological polar surface area (TPSA) is 84.9 Å². The number of carbonyl (C=O) groups excluding carboxylic acids is 1. The molecule has 104 valence electrons. The monoisotopic (exact) mass is 259 g/mol. The lowest BCUT2D eigenvalue weighted by Crippen LogP contribution is -2.35. The Bertz CT molecular complexity index is 282. The van der Waals surface area contributed by atoms with Crippen molar-refractivity contribution in [1.29, 1.82) is 0 Å². The summed E-state index contributed by atoms with van der Waals surface area (Å²) in [6, 6.07) is 0. The fraction of sp³-hybridized carbons (Fsp3) is 0.833. The Morgan fingerprint density at radius 3 is 2.78 bits per heavy atom. The Morgan fingerprint density at radius 1 is 1.33 bits per heavy atom. The molecular formula is C12H21NO5. The predicted octanol–water partition coefficient (Wildman–Crippen LogP) is 0.266. The fourth-order valence-electron chi connectivity index (χ4n) is 2.21. The maximum absolute atomic E-state index is 11.4. The van der Waals surface area contributed by atoms with Crippen molar-refractivity contribution < 1.29 is 24.2 Å².